The largest absolute Gasteiger partial charge is 0.480 e. The number of nitrogens with one attached hydrogen (secondary N) is 1. The Bertz CT molecular complexity index is 661. The van der Waals surface area contributed by atoms with Crippen LogP contribution in [0, 0.1) is 21.4 Å². The van der Waals surface area contributed by atoms with Gasteiger partial charge in [0.1, 0.15) is 17.2 Å². The molecule has 0 saturated carbocycles. The molecule has 8 nitrogen and oxygen atoms in total. The maximum absolute atomic E-state index is 11.7. The molecule has 0 spiro atoms. The molecule has 0 saturated heterocycles. The highest BCUT2D eigenvalue weighted by Gasteiger charge is 2.43. The van der Waals surface area contributed by atoms with Gasteiger partial charge >= 0.3 is 5.97 Å². The Morgan fingerprint density at radius 1 is 1.48 bits per heavy atom. The number of hydrogen-bond acceptors (Lipinski definition) is 6. The van der Waals surface area contributed by atoms with E-state index in [0.29, 0.717) is 0 Å². The predicted octanol–water partition coefficient (Wildman–Crippen LogP) is 1.44. The van der Waals surface area contributed by atoms with Crippen LogP contribution < -0.4 is 5.32 Å². The zero-order chi connectivity index (χ0) is 16.4. The Kier molecular flexibility index (Phi) is 4.28. The Labute approximate surface area is 120 Å². The number of aliphatic carboxylic acids is 1. The second-order valence-corrected chi connectivity index (χ2v) is 4.49. The predicted molar refractivity (Wildman–Crippen MR) is 73.0 cm³/mol. The first-order valence-electron chi connectivity index (χ1n) is 5.85. The monoisotopic (exact) mass is 291 g/mol. The van der Waals surface area contributed by atoms with Crippen LogP contribution in [0.1, 0.15) is 25.0 Å². The van der Waals surface area contributed by atoms with Gasteiger partial charge in [0, 0.05) is 13.1 Å². The third kappa shape index (κ3) is 2.41. The van der Waals surface area contributed by atoms with Crippen molar-refractivity contribution in [3.8, 4) is 6.07 Å². The second kappa shape index (κ2) is 5.58. The maximum Gasteiger partial charge on any atom is 0.321 e. The van der Waals surface area contributed by atoms with Crippen LogP contribution in [0.25, 0.3) is 0 Å². The van der Waals surface area contributed by atoms with Crippen molar-refractivity contribution in [3.63, 3.8) is 0 Å². The minimum Gasteiger partial charge on any atom is -0.480 e. The van der Waals surface area contributed by atoms with Crippen molar-refractivity contribution in [1.29, 1.82) is 5.26 Å². The average molecular weight is 291 g/mol. The molecular weight excluding hydrogens is 278 g/mol. The van der Waals surface area contributed by atoms with Crippen LogP contribution in [-0.2, 0) is 15.0 Å². The Morgan fingerprint density at radius 3 is 2.38 bits per heavy atom. The fourth-order valence-electron chi connectivity index (χ4n) is 1.99. The molecule has 0 bridgehead atoms. The van der Waals surface area contributed by atoms with Gasteiger partial charge in [0.05, 0.1) is 10.5 Å². The number of carboxylic acids is 1. The van der Waals surface area contributed by atoms with Gasteiger partial charge in [0.15, 0.2) is 5.78 Å². The molecule has 0 heterocycles. The first-order chi connectivity index (χ1) is 9.71. The van der Waals surface area contributed by atoms with E-state index in [4.69, 9.17) is 0 Å². The summed E-state index contributed by atoms with van der Waals surface area (Å²) >= 11 is 0. The lowest BCUT2D eigenvalue weighted by Crippen LogP contribution is -2.40. The lowest BCUT2D eigenvalue weighted by molar-refractivity contribution is -0.384. The molecule has 1 atom stereocenters. The topological polar surface area (TPSA) is 133 Å². The van der Waals surface area contributed by atoms with Gasteiger partial charge in [0.2, 0.25) is 0 Å². The van der Waals surface area contributed by atoms with E-state index in [1.165, 1.54) is 14.0 Å². The van der Waals surface area contributed by atoms with E-state index in [9.17, 15) is 30.1 Å². The molecule has 1 rings (SSSR count). The highest BCUT2D eigenvalue weighted by atomic mass is 16.6. The third-order valence-corrected chi connectivity index (χ3v) is 3.41. The second-order valence-electron chi connectivity index (χ2n) is 4.49. The quantitative estimate of drug-likeness (QED) is 0.476. The summed E-state index contributed by atoms with van der Waals surface area (Å²) in [5.41, 5.74) is -2.75. The number of ketones is 1. The summed E-state index contributed by atoms with van der Waals surface area (Å²) in [7, 11) is 1.37. The Morgan fingerprint density at radius 2 is 2.05 bits per heavy atom. The van der Waals surface area contributed by atoms with Crippen molar-refractivity contribution in [2.45, 2.75) is 19.3 Å². The molecule has 8 heteroatoms. The number of anilines is 1. The molecule has 1 aromatic carbocycles. The smallest absolute Gasteiger partial charge is 0.321 e. The fraction of sp³-hybridized carbons (Fsp3) is 0.308. The number of benzene rings is 1. The van der Waals surface area contributed by atoms with E-state index in [2.05, 4.69) is 5.32 Å². The van der Waals surface area contributed by atoms with Gasteiger partial charge in [-0.05, 0) is 25.5 Å². The van der Waals surface area contributed by atoms with Crippen LogP contribution in [0.3, 0.4) is 0 Å². The number of nitrogens with zero attached hydrogens (tertiary/aromatic N) is 2. The van der Waals surface area contributed by atoms with Crippen molar-refractivity contribution in [3.05, 3.63) is 33.4 Å². The lowest BCUT2D eigenvalue weighted by atomic mass is 9.76. The SMILES string of the molecule is CNc1c([N+](=O)[O-])ccc(C(C)(C(C)=O)C(=O)O)c1C#N. The molecule has 0 fully saturated rings. The van der Waals surface area contributed by atoms with Crippen molar-refractivity contribution >= 4 is 23.1 Å². The van der Waals surface area contributed by atoms with E-state index in [0.717, 1.165) is 19.1 Å². The van der Waals surface area contributed by atoms with E-state index >= 15 is 0 Å². The van der Waals surface area contributed by atoms with Gasteiger partial charge in [-0.25, -0.2) is 0 Å². The highest BCUT2D eigenvalue weighted by molar-refractivity contribution is 6.08. The number of carboxylic acid groups (broad SMARTS) is 1. The van der Waals surface area contributed by atoms with E-state index < -0.39 is 22.1 Å². The van der Waals surface area contributed by atoms with Crippen LogP contribution >= 0.6 is 0 Å². The number of carbonyl (C=O) groups excluding carboxylic acids is 1. The van der Waals surface area contributed by atoms with Crippen LogP contribution in [0.15, 0.2) is 12.1 Å². The molecule has 0 amide bonds. The summed E-state index contributed by atoms with van der Waals surface area (Å²) in [6.45, 7) is 2.26. The number of nitro benzene ring substituents is 1. The fourth-order valence-corrected chi connectivity index (χ4v) is 1.99. The van der Waals surface area contributed by atoms with Crippen molar-refractivity contribution in [2.75, 3.05) is 12.4 Å². The van der Waals surface area contributed by atoms with Crippen LogP contribution in [-0.4, -0.2) is 28.8 Å². The van der Waals surface area contributed by atoms with Crippen molar-refractivity contribution in [2.24, 2.45) is 0 Å². The van der Waals surface area contributed by atoms with Gasteiger partial charge in [-0.15, -0.1) is 0 Å². The molecule has 0 aliphatic carbocycles. The van der Waals surface area contributed by atoms with Gasteiger partial charge in [-0.2, -0.15) is 5.26 Å². The number of nitriles is 1. The highest BCUT2D eigenvalue weighted by Crippen LogP contribution is 2.37. The summed E-state index contributed by atoms with van der Waals surface area (Å²) in [5.74, 6) is -2.11. The average Bonchev–Trinajstić information content (AvgIpc) is 2.43. The van der Waals surface area contributed by atoms with Gasteiger partial charge in [0.25, 0.3) is 5.69 Å². The molecule has 110 valence electrons. The van der Waals surface area contributed by atoms with Crippen molar-refractivity contribution in [1.82, 2.24) is 0 Å². The van der Waals surface area contributed by atoms with Gasteiger partial charge < -0.3 is 10.4 Å². The molecular formula is C13H13N3O5. The van der Waals surface area contributed by atoms with Gasteiger partial charge in [-0.1, -0.05) is 0 Å². The van der Waals surface area contributed by atoms with Gasteiger partial charge in [-0.3, -0.25) is 19.7 Å². The summed E-state index contributed by atoms with van der Waals surface area (Å²) in [6.07, 6.45) is 0. The first-order valence-corrected chi connectivity index (χ1v) is 5.85. The van der Waals surface area contributed by atoms with Crippen LogP contribution in [0.4, 0.5) is 11.4 Å². The minimum absolute atomic E-state index is 0.0834. The molecule has 1 unspecified atom stereocenters. The Balaban J connectivity index is 3.82. The molecule has 21 heavy (non-hydrogen) atoms. The number of carbonyl (C=O) groups is 2. The van der Waals surface area contributed by atoms with E-state index in [-0.39, 0.29) is 22.5 Å². The van der Waals surface area contributed by atoms with Crippen molar-refractivity contribution < 1.29 is 19.6 Å². The van der Waals surface area contributed by atoms with E-state index in [1.807, 2.05) is 0 Å². The van der Waals surface area contributed by atoms with Crippen LogP contribution in [0.5, 0.6) is 0 Å². The molecule has 2 N–H and O–H groups in total. The number of Topliss-reactive ketones (excluding diaryl/α,β-unsaturated/α-hetero) is 1. The summed E-state index contributed by atoms with van der Waals surface area (Å²) < 4.78 is 0. The lowest BCUT2D eigenvalue weighted by Gasteiger charge is -2.24. The normalized spacial score (nSPS) is 12.9. The molecule has 0 radical (unpaired) electrons. The molecule has 0 aromatic heterocycles. The summed E-state index contributed by atoms with van der Waals surface area (Å²) in [6, 6.07) is 3.95. The maximum atomic E-state index is 11.7. The zero-order valence-electron chi connectivity index (χ0n) is 11.6. The molecule has 0 aliphatic heterocycles. The molecule has 0 aliphatic rings. The zero-order valence-corrected chi connectivity index (χ0v) is 11.6. The van der Waals surface area contributed by atoms with E-state index in [1.54, 1.807) is 6.07 Å². The Hall–Kier alpha value is -2.95. The minimum atomic E-state index is -1.95. The third-order valence-electron chi connectivity index (χ3n) is 3.41. The number of nitro groups is 1. The first kappa shape index (κ1) is 16.1. The van der Waals surface area contributed by atoms with Crippen LogP contribution in [0.2, 0.25) is 0 Å². The summed E-state index contributed by atoms with van der Waals surface area (Å²) in [4.78, 5) is 33.5. The standard InChI is InChI=1S/C13H13N3O5/c1-7(17)13(2,12(18)19)9-4-5-10(16(20)21)11(15-3)8(9)6-14/h4-5,15H,1-3H3,(H,18,19). The molecule has 1 aromatic rings. The number of hydrogen-bond donors (Lipinski definition) is 2. The summed E-state index contributed by atoms with van der Waals surface area (Å²) in [5, 5.41) is 32.0. The number of rotatable bonds is 5.